The number of piperazine rings is 2. The number of rotatable bonds is 11. The van der Waals surface area contributed by atoms with E-state index in [9.17, 15) is 0 Å². The van der Waals surface area contributed by atoms with Crippen LogP contribution < -0.4 is 28.7 Å². The minimum Gasteiger partial charge on any atom is -0.486 e. The molecule has 6 aromatic rings. The third-order valence-corrected chi connectivity index (χ3v) is 12.4. The Morgan fingerprint density at radius 3 is 1.61 bits per heavy atom. The van der Waals surface area contributed by atoms with Gasteiger partial charge in [-0.25, -0.2) is 0 Å². The summed E-state index contributed by atoms with van der Waals surface area (Å²) in [6.07, 6.45) is 9.38. The van der Waals surface area contributed by atoms with E-state index in [1.807, 2.05) is 42.9 Å². The second-order valence-electron chi connectivity index (χ2n) is 15.9. The third kappa shape index (κ3) is 8.95. The molecule has 0 N–H and O–H groups in total. The molecule has 6 heterocycles. The van der Waals surface area contributed by atoms with Gasteiger partial charge < -0.3 is 37.6 Å². The Kier molecular flexibility index (Phi) is 12.4. The van der Waals surface area contributed by atoms with Crippen LogP contribution in [0.5, 0.6) is 23.0 Å². The number of ether oxygens (including phenoxy) is 4. The van der Waals surface area contributed by atoms with Gasteiger partial charge >= 0.3 is 0 Å². The maximum Gasteiger partial charge on any atom is 0.184 e. The fourth-order valence-corrected chi connectivity index (χ4v) is 9.29. The lowest BCUT2D eigenvalue weighted by Gasteiger charge is -2.37. The predicted molar refractivity (Wildman–Crippen MR) is 236 cm³/mol. The maximum absolute atomic E-state index is 6.36. The van der Waals surface area contributed by atoms with E-state index < -0.39 is 0 Å². The highest BCUT2D eigenvalue weighted by atomic mass is 35.5. The van der Waals surface area contributed by atoms with Gasteiger partial charge in [-0.05, 0) is 111 Å². The average molecular weight is 819 g/mol. The van der Waals surface area contributed by atoms with E-state index in [1.54, 1.807) is 0 Å². The van der Waals surface area contributed by atoms with Gasteiger partial charge in [0.2, 0.25) is 0 Å². The van der Waals surface area contributed by atoms with Crippen molar-refractivity contribution in [2.24, 2.45) is 0 Å². The van der Waals surface area contributed by atoms with E-state index in [0.29, 0.717) is 26.4 Å². The molecule has 4 aliphatic rings. The minimum absolute atomic E-state index is 0.622. The van der Waals surface area contributed by atoms with Crippen molar-refractivity contribution in [2.45, 2.75) is 39.0 Å². The lowest BCUT2D eigenvalue weighted by Crippen LogP contribution is -2.46. The smallest absolute Gasteiger partial charge is 0.184 e. The number of anilines is 2. The number of nitrogens with zero attached hydrogens (tertiary/aromatic N) is 4. The first kappa shape index (κ1) is 39.4. The second-order valence-corrected chi connectivity index (χ2v) is 16.3. The highest BCUT2D eigenvalue weighted by molar-refractivity contribution is 6.35. The van der Waals surface area contributed by atoms with E-state index in [4.69, 9.17) is 39.4 Å². The number of benzene rings is 4. The van der Waals surface area contributed by atoms with Gasteiger partial charge in [-0.3, -0.25) is 9.80 Å². The maximum atomic E-state index is 6.36. The summed E-state index contributed by atoms with van der Waals surface area (Å²) in [5.74, 6) is 3.56. The van der Waals surface area contributed by atoms with Crippen molar-refractivity contribution in [3.63, 3.8) is 0 Å². The molecule has 4 aliphatic heterocycles. The number of hydrogen-bond donors (Lipinski definition) is 0. The van der Waals surface area contributed by atoms with Crippen LogP contribution in [0.3, 0.4) is 0 Å². The number of hydrogen-bond acceptors (Lipinski definition) is 10. The number of aryl methyl sites for hydroxylation is 3. The molecule has 2 aromatic heterocycles. The highest BCUT2D eigenvalue weighted by Crippen LogP contribution is 2.41. The SMILES string of the molecule is Cc1cccc2occ(CCCCN3CCN(c4cccc5c4OCCO5)CC3)c12.Clc1cccc2occ(CCCN3CCN(c4cccc5c4OCCO5)CC3)c12. The molecule has 10 nitrogen and oxygen atoms in total. The van der Waals surface area contributed by atoms with E-state index in [0.717, 1.165) is 135 Å². The van der Waals surface area contributed by atoms with Crippen LogP contribution in [0.25, 0.3) is 21.9 Å². The Balaban J connectivity index is 0.000000152. The first-order valence-electron chi connectivity index (χ1n) is 21.4. The molecule has 10 rings (SSSR count). The summed E-state index contributed by atoms with van der Waals surface area (Å²) in [4.78, 5) is 9.97. The molecular formula is C48H55ClN4O6. The zero-order valence-electron chi connectivity index (χ0n) is 34.1. The summed E-state index contributed by atoms with van der Waals surface area (Å²) >= 11 is 6.36. The summed E-state index contributed by atoms with van der Waals surface area (Å²) in [5.41, 5.74) is 8.08. The van der Waals surface area contributed by atoms with Gasteiger partial charge in [0, 0.05) is 63.1 Å². The zero-order chi connectivity index (χ0) is 40.0. The molecular weight excluding hydrogens is 764 g/mol. The van der Waals surface area contributed by atoms with Gasteiger partial charge in [-0.1, -0.05) is 41.9 Å². The van der Waals surface area contributed by atoms with Crippen molar-refractivity contribution in [2.75, 3.05) is 102 Å². The van der Waals surface area contributed by atoms with Gasteiger partial charge in [0.25, 0.3) is 0 Å². The van der Waals surface area contributed by atoms with E-state index in [1.165, 1.54) is 40.6 Å². The molecule has 0 amide bonds. The van der Waals surface area contributed by atoms with Crippen molar-refractivity contribution in [3.05, 3.63) is 107 Å². The van der Waals surface area contributed by atoms with Gasteiger partial charge in [0.15, 0.2) is 23.0 Å². The quantitative estimate of drug-likeness (QED) is 0.118. The number of furan rings is 2. The normalized spacial score (nSPS) is 17.0. The summed E-state index contributed by atoms with van der Waals surface area (Å²) < 4.78 is 34.6. The largest absolute Gasteiger partial charge is 0.486 e. The summed E-state index contributed by atoms with van der Waals surface area (Å²) in [6.45, 7) is 15.3. The van der Waals surface area contributed by atoms with Crippen LogP contribution in [0.4, 0.5) is 11.4 Å². The van der Waals surface area contributed by atoms with Crippen LogP contribution in [0.2, 0.25) is 5.02 Å². The van der Waals surface area contributed by atoms with Crippen molar-refractivity contribution in [1.82, 2.24) is 9.80 Å². The molecule has 4 aromatic carbocycles. The zero-order valence-corrected chi connectivity index (χ0v) is 34.9. The van der Waals surface area contributed by atoms with Crippen molar-refractivity contribution in [3.8, 4) is 23.0 Å². The van der Waals surface area contributed by atoms with Gasteiger partial charge in [-0.15, -0.1) is 0 Å². The Bertz CT molecular complexity index is 2330. The first-order valence-corrected chi connectivity index (χ1v) is 21.8. The van der Waals surface area contributed by atoms with Crippen LogP contribution in [-0.4, -0.2) is 102 Å². The highest BCUT2D eigenvalue weighted by Gasteiger charge is 2.25. The number of halogens is 1. The van der Waals surface area contributed by atoms with Crippen LogP contribution >= 0.6 is 11.6 Å². The Labute approximate surface area is 352 Å². The minimum atomic E-state index is 0.622. The van der Waals surface area contributed by atoms with Crippen LogP contribution in [-0.2, 0) is 12.8 Å². The molecule has 0 radical (unpaired) electrons. The summed E-state index contributed by atoms with van der Waals surface area (Å²) in [7, 11) is 0. The fraction of sp³-hybridized carbons (Fsp3) is 0.417. The molecule has 2 fully saturated rings. The number of fused-ring (bicyclic) bond motifs is 4. The van der Waals surface area contributed by atoms with Crippen molar-refractivity contribution < 1.29 is 27.8 Å². The molecule has 11 heteroatoms. The average Bonchev–Trinajstić information content (AvgIpc) is 3.91. The van der Waals surface area contributed by atoms with Gasteiger partial charge in [0.1, 0.15) is 37.6 Å². The molecule has 2 saturated heterocycles. The molecule has 310 valence electrons. The van der Waals surface area contributed by atoms with Crippen LogP contribution in [0, 0.1) is 6.92 Å². The van der Waals surface area contributed by atoms with Crippen LogP contribution in [0.15, 0.2) is 94.2 Å². The van der Waals surface area contributed by atoms with Gasteiger partial charge in [-0.2, -0.15) is 0 Å². The third-order valence-electron chi connectivity index (χ3n) is 12.1. The Hall–Kier alpha value is -5.03. The molecule has 0 bridgehead atoms. The molecule has 0 saturated carbocycles. The molecule has 0 aliphatic carbocycles. The van der Waals surface area contributed by atoms with Gasteiger partial charge in [0.05, 0.1) is 28.9 Å². The Morgan fingerprint density at radius 1 is 0.508 bits per heavy atom. The number of para-hydroxylation sites is 2. The fourth-order valence-electron chi connectivity index (χ4n) is 9.00. The predicted octanol–water partition coefficient (Wildman–Crippen LogP) is 9.27. The first-order chi connectivity index (χ1) is 29.1. The molecule has 0 atom stereocenters. The van der Waals surface area contributed by atoms with E-state index >= 15 is 0 Å². The molecule has 59 heavy (non-hydrogen) atoms. The molecule has 0 spiro atoms. The monoisotopic (exact) mass is 818 g/mol. The topological polar surface area (TPSA) is 76.2 Å². The van der Waals surface area contributed by atoms with Crippen LogP contribution in [0.1, 0.15) is 36.0 Å². The number of unbranched alkanes of at least 4 members (excludes halogenated alkanes) is 1. The Morgan fingerprint density at radius 2 is 1.00 bits per heavy atom. The standard InChI is InChI=1S/C25H30N2O3.C23H25ClN2O3/c1-19-6-4-9-22-24(19)20(18-30-22)7-2-3-11-26-12-14-27(15-13-26)21-8-5-10-23-25(21)29-17-16-28-23;24-18-5-1-7-20-22(18)17(16-29-20)4-3-9-25-10-12-26(13-11-25)19-6-2-8-21-23(19)28-15-14-27-21/h4-6,8-10,18H,2-3,7,11-17H2,1H3;1-2,5-8,16H,3-4,9-15H2. The van der Waals surface area contributed by atoms with Crippen molar-refractivity contribution in [1.29, 1.82) is 0 Å². The lowest BCUT2D eigenvalue weighted by atomic mass is 10.0. The molecule has 0 unspecified atom stereocenters. The summed E-state index contributed by atoms with van der Waals surface area (Å²) in [5, 5.41) is 3.15. The lowest BCUT2D eigenvalue weighted by molar-refractivity contribution is 0.171. The summed E-state index contributed by atoms with van der Waals surface area (Å²) in [6, 6.07) is 24.5. The van der Waals surface area contributed by atoms with E-state index in [2.05, 4.69) is 69.0 Å². The van der Waals surface area contributed by atoms with Crippen molar-refractivity contribution >= 4 is 44.9 Å². The second kappa shape index (κ2) is 18.5. The van der Waals surface area contributed by atoms with E-state index in [-0.39, 0.29) is 0 Å².